The van der Waals surface area contributed by atoms with E-state index in [9.17, 15) is 5.11 Å². The minimum atomic E-state index is -0.0187. The van der Waals surface area contributed by atoms with Crippen LogP contribution in [0.4, 0.5) is 0 Å². The molecule has 0 amide bonds. The molecule has 0 bridgehead atoms. The van der Waals surface area contributed by atoms with E-state index in [0.29, 0.717) is 11.8 Å². The zero-order chi connectivity index (χ0) is 15.8. The molecule has 0 spiro atoms. The highest BCUT2D eigenvalue weighted by molar-refractivity contribution is 8.14. The number of amidine groups is 1. The van der Waals surface area contributed by atoms with Gasteiger partial charge in [0, 0.05) is 18.0 Å². The van der Waals surface area contributed by atoms with Crippen molar-refractivity contribution in [2.75, 3.05) is 5.75 Å². The lowest BCUT2D eigenvalue weighted by Crippen LogP contribution is -2.35. The maximum absolute atomic E-state index is 9.92. The second kappa shape index (κ2) is 5.89. The van der Waals surface area contributed by atoms with E-state index in [-0.39, 0.29) is 12.1 Å². The lowest BCUT2D eigenvalue weighted by molar-refractivity contribution is 0.255. The first-order valence-corrected chi connectivity index (χ1v) is 8.95. The van der Waals surface area contributed by atoms with E-state index in [1.165, 1.54) is 0 Å². The van der Waals surface area contributed by atoms with Crippen LogP contribution in [0.2, 0.25) is 0 Å². The first-order valence-electron chi connectivity index (χ1n) is 7.96. The van der Waals surface area contributed by atoms with Gasteiger partial charge >= 0.3 is 0 Å². The zero-order valence-electron chi connectivity index (χ0n) is 13.0. The second-order valence-electron chi connectivity index (χ2n) is 5.93. The molecule has 0 unspecified atom stereocenters. The number of hydrogen-bond donors (Lipinski definition) is 1. The van der Waals surface area contributed by atoms with Crippen LogP contribution in [0.25, 0.3) is 0 Å². The van der Waals surface area contributed by atoms with Crippen LogP contribution < -0.4 is 0 Å². The summed E-state index contributed by atoms with van der Waals surface area (Å²) in [5.41, 5.74) is 2.08. The number of thioether (sulfide) groups is 1. The van der Waals surface area contributed by atoms with Crippen LogP contribution in [-0.2, 0) is 0 Å². The molecule has 1 N–H and O–H groups in total. The number of phenolic OH excluding ortho intramolecular Hbond substituents is 1. The van der Waals surface area contributed by atoms with Gasteiger partial charge in [-0.2, -0.15) is 0 Å². The molecule has 0 radical (unpaired) electrons. The van der Waals surface area contributed by atoms with Crippen LogP contribution in [0.1, 0.15) is 36.7 Å². The van der Waals surface area contributed by atoms with Crippen molar-refractivity contribution in [3.05, 3.63) is 59.9 Å². The van der Waals surface area contributed by atoms with Crippen LogP contribution in [0, 0.1) is 0 Å². The molecule has 0 aliphatic carbocycles. The number of hydrogen-bond acceptors (Lipinski definition) is 5. The van der Waals surface area contributed by atoms with Gasteiger partial charge in [-0.1, -0.05) is 36.9 Å². The fraction of sp³-hybridized carbons (Fsp3) is 0.333. The summed E-state index contributed by atoms with van der Waals surface area (Å²) in [6, 6.07) is 14.1. The molecule has 2 aliphatic rings. The topological polar surface area (TPSA) is 48.7 Å². The Bertz CT molecular complexity index is 734. The van der Waals surface area contributed by atoms with Gasteiger partial charge in [0.15, 0.2) is 5.17 Å². The van der Waals surface area contributed by atoms with Crippen molar-refractivity contribution in [3.8, 4) is 5.75 Å². The number of pyridine rings is 1. The highest BCUT2D eigenvalue weighted by atomic mass is 32.2. The lowest BCUT2D eigenvalue weighted by atomic mass is 9.95. The Morgan fingerprint density at radius 3 is 2.91 bits per heavy atom. The molecule has 23 heavy (non-hydrogen) atoms. The molecule has 0 saturated carbocycles. The molecule has 1 fully saturated rings. The van der Waals surface area contributed by atoms with Gasteiger partial charge in [-0.3, -0.25) is 9.98 Å². The van der Waals surface area contributed by atoms with Crippen LogP contribution in [0.3, 0.4) is 0 Å². The van der Waals surface area contributed by atoms with Crippen molar-refractivity contribution in [2.24, 2.45) is 4.99 Å². The Morgan fingerprint density at radius 1 is 1.26 bits per heavy atom. The summed E-state index contributed by atoms with van der Waals surface area (Å²) in [4.78, 5) is 11.9. The molecule has 1 aromatic heterocycles. The molecule has 2 aliphatic heterocycles. The Morgan fingerprint density at radius 2 is 2.17 bits per heavy atom. The number of aromatic nitrogens is 1. The molecule has 4 rings (SSSR count). The Balaban J connectivity index is 1.80. The third kappa shape index (κ3) is 2.49. The largest absolute Gasteiger partial charge is 0.508 e. The molecule has 1 aromatic carbocycles. The van der Waals surface area contributed by atoms with Gasteiger partial charge < -0.3 is 10.0 Å². The van der Waals surface area contributed by atoms with Crippen molar-refractivity contribution in [3.63, 3.8) is 0 Å². The fourth-order valence-electron chi connectivity index (χ4n) is 3.42. The van der Waals surface area contributed by atoms with Crippen molar-refractivity contribution < 1.29 is 5.11 Å². The smallest absolute Gasteiger partial charge is 0.160 e. The first kappa shape index (κ1) is 14.6. The molecule has 4 nitrogen and oxygen atoms in total. The van der Waals surface area contributed by atoms with Crippen LogP contribution in [0.15, 0.2) is 53.7 Å². The monoisotopic (exact) mass is 325 g/mol. The van der Waals surface area contributed by atoms with E-state index in [4.69, 9.17) is 4.99 Å². The maximum Gasteiger partial charge on any atom is 0.160 e. The second-order valence-corrected chi connectivity index (χ2v) is 6.92. The number of aliphatic imine (C=N–C) groups is 1. The van der Waals surface area contributed by atoms with Crippen molar-refractivity contribution in [2.45, 2.75) is 31.5 Å². The Hall–Kier alpha value is -2.01. The molecule has 118 valence electrons. The van der Waals surface area contributed by atoms with E-state index < -0.39 is 0 Å². The molecule has 1 saturated heterocycles. The third-order valence-electron chi connectivity index (χ3n) is 4.54. The average Bonchev–Trinajstić information content (AvgIpc) is 3.14. The average molecular weight is 325 g/mol. The van der Waals surface area contributed by atoms with Gasteiger partial charge in [0.25, 0.3) is 0 Å². The van der Waals surface area contributed by atoms with Crippen molar-refractivity contribution in [1.82, 2.24) is 9.88 Å². The zero-order valence-corrected chi connectivity index (χ0v) is 13.8. The summed E-state index contributed by atoms with van der Waals surface area (Å²) in [5.74, 6) is 1.38. The Kier molecular flexibility index (Phi) is 3.73. The van der Waals surface area contributed by atoms with E-state index in [1.807, 2.05) is 48.3 Å². The van der Waals surface area contributed by atoms with Crippen LogP contribution in [-0.4, -0.2) is 32.0 Å². The van der Waals surface area contributed by atoms with Gasteiger partial charge in [-0.25, -0.2) is 0 Å². The van der Waals surface area contributed by atoms with E-state index in [2.05, 4.69) is 22.9 Å². The lowest BCUT2D eigenvalue weighted by Gasteiger charge is -2.31. The normalized spacial score (nSPS) is 26.2. The van der Waals surface area contributed by atoms with Crippen LogP contribution >= 0.6 is 11.8 Å². The number of aromatic hydroxyl groups is 1. The predicted molar refractivity (Wildman–Crippen MR) is 93.6 cm³/mol. The number of phenols is 1. The van der Waals surface area contributed by atoms with Gasteiger partial charge in [0.1, 0.15) is 11.8 Å². The van der Waals surface area contributed by atoms with E-state index in [0.717, 1.165) is 28.6 Å². The number of benzene rings is 1. The van der Waals surface area contributed by atoms with Crippen molar-refractivity contribution >= 4 is 16.9 Å². The summed E-state index contributed by atoms with van der Waals surface area (Å²) in [6.45, 7) is 2.22. The standard InChI is InChI=1S/C18H19N3OS/c1-2-13-11-23-18-20-16(15-8-3-4-9-19-15)17(21(13)18)12-6-5-7-14(22)10-12/h3-10,13,16-17,22H,2,11H2,1H3/t13-,16+,17+/m1/s1. The molecule has 3 heterocycles. The van der Waals surface area contributed by atoms with Gasteiger partial charge in [0.05, 0.1) is 11.7 Å². The fourth-order valence-corrected chi connectivity index (χ4v) is 4.76. The maximum atomic E-state index is 9.92. The summed E-state index contributed by atoms with van der Waals surface area (Å²) in [7, 11) is 0. The number of fused-ring (bicyclic) bond motifs is 1. The van der Waals surface area contributed by atoms with E-state index in [1.54, 1.807) is 6.07 Å². The summed E-state index contributed by atoms with van der Waals surface area (Å²) >= 11 is 1.83. The van der Waals surface area contributed by atoms with Crippen LogP contribution in [0.5, 0.6) is 5.75 Å². The number of nitrogens with zero attached hydrogens (tertiary/aromatic N) is 3. The highest BCUT2D eigenvalue weighted by Gasteiger charge is 2.45. The highest BCUT2D eigenvalue weighted by Crippen LogP contribution is 2.48. The molecule has 5 heteroatoms. The predicted octanol–water partition coefficient (Wildman–Crippen LogP) is 3.77. The molecule has 3 atom stereocenters. The summed E-state index contributed by atoms with van der Waals surface area (Å²) < 4.78 is 0. The van der Waals surface area contributed by atoms with E-state index >= 15 is 0 Å². The summed E-state index contributed by atoms with van der Waals surface area (Å²) in [6.07, 6.45) is 2.92. The van der Waals surface area contributed by atoms with Gasteiger partial charge in [-0.15, -0.1) is 0 Å². The quantitative estimate of drug-likeness (QED) is 0.933. The molecule has 2 aromatic rings. The van der Waals surface area contributed by atoms with Gasteiger partial charge in [-0.05, 0) is 36.2 Å². The molecular weight excluding hydrogens is 306 g/mol. The minimum absolute atomic E-state index is 0.0187. The van der Waals surface area contributed by atoms with Gasteiger partial charge in [0.2, 0.25) is 0 Å². The third-order valence-corrected chi connectivity index (χ3v) is 5.67. The summed E-state index contributed by atoms with van der Waals surface area (Å²) in [5, 5.41) is 11.0. The van der Waals surface area contributed by atoms with Crippen molar-refractivity contribution in [1.29, 1.82) is 0 Å². The Labute approximate surface area is 140 Å². The SMILES string of the molecule is CC[C@@H]1CSC2=N[C@@H](c3ccccn3)[C@H](c3cccc(O)c3)N21. The minimum Gasteiger partial charge on any atom is -0.508 e. The first-order chi connectivity index (χ1) is 11.3. The number of rotatable bonds is 3. The molecular formula is C18H19N3OS.